The number of benzene rings is 3. The van der Waals surface area contributed by atoms with E-state index in [9.17, 15) is 0 Å². The minimum Gasteiger partial charge on any atom is -0.343 e. The van der Waals surface area contributed by atoms with E-state index < -0.39 is 0 Å². The lowest BCUT2D eigenvalue weighted by Gasteiger charge is -2.29. The number of hydrogen-bond donors (Lipinski definition) is 0. The van der Waals surface area contributed by atoms with E-state index in [1.807, 2.05) is 11.3 Å². The molecule has 0 aliphatic heterocycles. The zero-order chi connectivity index (χ0) is 22.2. The third-order valence-electron chi connectivity index (χ3n) is 8.28. The Morgan fingerprint density at radius 2 is 1.12 bits per heavy atom. The lowest BCUT2D eigenvalue weighted by atomic mass is 9.83. The van der Waals surface area contributed by atoms with Crippen LogP contribution in [0.25, 0.3) is 20.2 Å². The van der Waals surface area contributed by atoms with Gasteiger partial charge in [0, 0.05) is 28.2 Å². The van der Waals surface area contributed by atoms with Gasteiger partial charge in [-0.15, -0.1) is 11.3 Å². The maximum absolute atomic E-state index is 2.47. The van der Waals surface area contributed by atoms with Crippen LogP contribution in [0.3, 0.4) is 0 Å². The van der Waals surface area contributed by atoms with Crippen LogP contribution in [0.15, 0.2) is 60.7 Å². The van der Waals surface area contributed by atoms with Gasteiger partial charge in [-0.2, -0.15) is 0 Å². The van der Waals surface area contributed by atoms with Crippen molar-refractivity contribution in [1.29, 1.82) is 0 Å². The third kappa shape index (κ3) is 3.87. The van der Waals surface area contributed by atoms with Gasteiger partial charge in [-0.25, -0.2) is 0 Å². The molecule has 2 aliphatic carbocycles. The van der Waals surface area contributed by atoms with Crippen LogP contribution in [0.4, 0.5) is 11.4 Å². The standard InChI is InChI=1S/C31H35NS/c1-32(28-20-9-8-16-24(28)22-12-4-2-5-13-22)29-21-11-19-27-26-18-10-17-25(30(26)33-31(27)29)23-14-6-3-7-15-23/h8-11,16-23H,2-7,12-15H2,1H3. The van der Waals surface area contributed by atoms with Gasteiger partial charge in [-0.3, -0.25) is 0 Å². The molecular weight excluding hydrogens is 418 g/mol. The Kier molecular flexibility index (Phi) is 5.88. The van der Waals surface area contributed by atoms with Crippen molar-refractivity contribution < 1.29 is 0 Å². The molecule has 3 aromatic carbocycles. The maximum atomic E-state index is 2.47. The summed E-state index contributed by atoms with van der Waals surface area (Å²) in [4.78, 5) is 2.47. The van der Waals surface area contributed by atoms with Crippen LogP contribution in [0.2, 0.25) is 0 Å². The molecule has 0 N–H and O–H groups in total. The van der Waals surface area contributed by atoms with E-state index in [2.05, 4.69) is 72.6 Å². The summed E-state index contributed by atoms with van der Waals surface area (Å²) in [5, 5.41) is 2.88. The molecule has 6 rings (SSSR count). The van der Waals surface area contributed by atoms with Gasteiger partial charge in [0.25, 0.3) is 0 Å². The average molecular weight is 454 g/mol. The van der Waals surface area contributed by atoms with Crippen molar-refractivity contribution in [3.63, 3.8) is 0 Å². The third-order valence-corrected chi connectivity index (χ3v) is 9.58. The van der Waals surface area contributed by atoms with E-state index >= 15 is 0 Å². The molecule has 0 unspecified atom stereocenters. The Labute approximate surface area is 202 Å². The van der Waals surface area contributed by atoms with Crippen molar-refractivity contribution in [3.8, 4) is 0 Å². The summed E-state index contributed by atoms with van der Waals surface area (Å²) in [6.45, 7) is 0. The molecule has 2 fully saturated rings. The van der Waals surface area contributed by atoms with Gasteiger partial charge < -0.3 is 4.90 Å². The van der Waals surface area contributed by atoms with E-state index in [1.54, 1.807) is 11.1 Å². The molecule has 1 heterocycles. The molecule has 0 saturated heterocycles. The van der Waals surface area contributed by atoms with Crippen molar-refractivity contribution in [2.75, 3.05) is 11.9 Å². The number of fused-ring (bicyclic) bond motifs is 3. The highest BCUT2D eigenvalue weighted by molar-refractivity contribution is 7.26. The predicted octanol–water partition coefficient (Wildman–Crippen LogP) is 9.92. The molecule has 170 valence electrons. The van der Waals surface area contributed by atoms with Gasteiger partial charge >= 0.3 is 0 Å². The smallest absolute Gasteiger partial charge is 0.0592 e. The highest BCUT2D eigenvalue weighted by Gasteiger charge is 2.23. The molecule has 0 bridgehead atoms. The predicted molar refractivity (Wildman–Crippen MR) is 145 cm³/mol. The fourth-order valence-electron chi connectivity index (χ4n) is 6.51. The minimum atomic E-state index is 0.705. The van der Waals surface area contributed by atoms with E-state index in [4.69, 9.17) is 0 Å². The largest absolute Gasteiger partial charge is 0.343 e. The van der Waals surface area contributed by atoms with Crippen LogP contribution in [0.5, 0.6) is 0 Å². The monoisotopic (exact) mass is 453 g/mol. The normalized spacial score (nSPS) is 18.2. The molecular formula is C31H35NS. The molecule has 2 heteroatoms. The molecule has 2 aliphatic rings. The van der Waals surface area contributed by atoms with Crippen molar-refractivity contribution >= 4 is 42.9 Å². The second-order valence-electron chi connectivity index (χ2n) is 10.3. The molecule has 0 radical (unpaired) electrons. The highest BCUT2D eigenvalue weighted by atomic mass is 32.1. The second kappa shape index (κ2) is 9.14. The quantitative estimate of drug-likeness (QED) is 0.297. The van der Waals surface area contributed by atoms with Gasteiger partial charge in [0.05, 0.1) is 10.4 Å². The first-order valence-corrected chi connectivity index (χ1v) is 13.9. The maximum Gasteiger partial charge on any atom is 0.0592 e. The summed E-state index contributed by atoms with van der Waals surface area (Å²) in [5.41, 5.74) is 5.89. The Hall–Kier alpha value is -2.32. The van der Waals surface area contributed by atoms with Crippen molar-refractivity contribution in [3.05, 3.63) is 71.8 Å². The summed E-state index contributed by atoms with van der Waals surface area (Å²) < 4.78 is 2.97. The van der Waals surface area contributed by atoms with E-state index in [1.165, 1.54) is 95.8 Å². The lowest BCUT2D eigenvalue weighted by molar-refractivity contribution is 0.444. The van der Waals surface area contributed by atoms with Crippen LogP contribution in [0.1, 0.15) is 87.2 Å². The summed E-state index contributed by atoms with van der Waals surface area (Å²) >= 11 is 2.03. The van der Waals surface area contributed by atoms with Crippen molar-refractivity contribution in [2.24, 2.45) is 0 Å². The van der Waals surface area contributed by atoms with Crippen molar-refractivity contribution in [1.82, 2.24) is 0 Å². The van der Waals surface area contributed by atoms with Gasteiger partial charge in [0.2, 0.25) is 0 Å². The Morgan fingerprint density at radius 3 is 1.85 bits per heavy atom. The van der Waals surface area contributed by atoms with E-state index in [0.717, 1.165) is 5.92 Å². The fraction of sp³-hybridized carbons (Fsp3) is 0.419. The van der Waals surface area contributed by atoms with Gasteiger partial charge in [0.1, 0.15) is 0 Å². The minimum absolute atomic E-state index is 0.705. The number of hydrogen-bond acceptors (Lipinski definition) is 2. The van der Waals surface area contributed by atoms with Crippen LogP contribution >= 0.6 is 11.3 Å². The van der Waals surface area contributed by atoms with Crippen molar-refractivity contribution in [2.45, 2.75) is 76.0 Å². The van der Waals surface area contributed by atoms with Crippen LogP contribution in [0, 0.1) is 0 Å². The zero-order valence-electron chi connectivity index (χ0n) is 19.9. The fourth-order valence-corrected chi connectivity index (χ4v) is 7.95. The number of thiophene rings is 1. The number of anilines is 2. The summed E-state index contributed by atoms with van der Waals surface area (Å²) in [5.74, 6) is 1.45. The molecule has 1 aromatic heterocycles. The second-order valence-corrected chi connectivity index (χ2v) is 11.3. The first-order chi connectivity index (χ1) is 16.3. The molecule has 0 atom stereocenters. The molecule has 4 aromatic rings. The molecule has 33 heavy (non-hydrogen) atoms. The average Bonchev–Trinajstić information content (AvgIpc) is 3.28. The lowest BCUT2D eigenvalue weighted by Crippen LogP contribution is -2.14. The Balaban J connectivity index is 1.46. The summed E-state index contributed by atoms with van der Waals surface area (Å²) in [6, 6.07) is 23.2. The van der Waals surface area contributed by atoms with Crippen LogP contribution < -0.4 is 4.90 Å². The topological polar surface area (TPSA) is 3.24 Å². The molecule has 2 saturated carbocycles. The van der Waals surface area contributed by atoms with Gasteiger partial charge in [-0.05, 0) is 60.8 Å². The van der Waals surface area contributed by atoms with E-state index in [-0.39, 0.29) is 0 Å². The molecule has 0 spiro atoms. The number of nitrogens with zero attached hydrogens (tertiary/aromatic N) is 1. The first-order valence-electron chi connectivity index (χ1n) is 13.1. The van der Waals surface area contributed by atoms with Crippen LogP contribution in [-0.4, -0.2) is 7.05 Å². The molecule has 0 amide bonds. The SMILES string of the molecule is CN(c1ccccc1C1CCCCC1)c1cccc2c1sc1c(C3CCCCC3)cccc12. The highest BCUT2D eigenvalue weighted by Crippen LogP contribution is 2.47. The Morgan fingerprint density at radius 1 is 0.576 bits per heavy atom. The van der Waals surface area contributed by atoms with Gasteiger partial charge in [-0.1, -0.05) is 87.1 Å². The van der Waals surface area contributed by atoms with Gasteiger partial charge in [0.15, 0.2) is 0 Å². The van der Waals surface area contributed by atoms with Crippen LogP contribution in [-0.2, 0) is 0 Å². The number of para-hydroxylation sites is 1. The zero-order valence-corrected chi connectivity index (χ0v) is 20.7. The first kappa shape index (κ1) is 21.2. The summed E-state index contributed by atoms with van der Waals surface area (Å²) in [7, 11) is 2.28. The summed E-state index contributed by atoms with van der Waals surface area (Å²) in [6.07, 6.45) is 13.7. The molecule has 1 nitrogen and oxygen atoms in total. The van der Waals surface area contributed by atoms with E-state index in [0.29, 0.717) is 5.92 Å². The number of rotatable bonds is 4. The Bertz CT molecular complexity index is 1260.